The molecule has 1 atom stereocenters. The van der Waals surface area contributed by atoms with Crippen molar-refractivity contribution in [1.82, 2.24) is 9.80 Å². The van der Waals surface area contributed by atoms with Gasteiger partial charge in [0.2, 0.25) is 6.10 Å². The molecule has 0 radical (unpaired) electrons. The molecule has 214 valence electrons. The van der Waals surface area contributed by atoms with Gasteiger partial charge < -0.3 is 29.3 Å². The molecule has 0 aromatic heterocycles. The minimum atomic E-state index is -1.07. The predicted molar refractivity (Wildman–Crippen MR) is 154 cm³/mol. The number of anilines is 1. The lowest BCUT2D eigenvalue weighted by Crippen LogP contribution is -2.50. The Balaban J connectivity index is 1.12. The number of nitrogens with zero attached hydrogens (tertiary/aromatic N) is 2. The Morgan fingerprint density at radius 3 is 2.34 bits per heavy atom. The summed E-state index contributed by atoms with van der Waals surface area (Å²) in [6.07, 6.45) is 0.587. The van der Waals surface area contributed by atoms with E-state index in [1.54, 1.807) is 4.90 Å². The molecule has 0 spiro atoms. The number of urea groups is 1. The normalized spacial score (nSPS) is 16.2. The Morgan fingerprint density at radius 2 is 1.61 bits per heavy atom. The first-order valence-electron chi connectivity index (χ1n) is 13.9. The number of hydrogen-bond donors (Lipinski definition) is 1. The standard InChI is InChI=1S/C32H35N3O6/c1-39-30(36)29(21-23-11-13-27(14-12-23)40-22-24-7-3-2-4-8-24)41-32(38)34-18-16-26(17-19-34)35-20-15-25-9-5-6-10-28(25)33-31(35)37/h2-14,26,29H,15-22H2,1H3,(H,33,37)/t29-/m1/s1. The average molecular weight is 558 g/mol. The van der Waals surface area contributed by atoms with Crippen LogP contribution in [0.5, 0.6) is 5.75 Å². The van der Waals surface area contributed by atoms with Gasteiger partial charge in [-0.15, -0.1) is 0 Å². The molecule has 0 unspecified atom stereocenters. The predicted octanol–water partition coefficient (Wildman–Crippen LogP) is 5.04. The first-order valence-corrected chi connectivity index (χ1v) is 13.9. The highest BCUT2D eigenvalue weighted by atomic mass is 16.6. The number of methoxy groups -OCH3 is 1. The van der Waals surface area contributed by atoms with Gasteiger partial charge in [-0.25, -0.2) is 14.4 Å². The van der Waals surface area contributed by atoms with Gasteiger partial charge >= 0.3 is 18.1 Å². The summed E-state index contributed by atoms with van der Waals surface area (Å²) in [5.74, 6) is 0.0903. The Bertz CT molecular complexity index is 1340. The fourth-order valence-electron chi connectivity index (χ4n) is 5.28. The zero-order valence-corrected chi connectivity index (χ0v) is 23.2. The van der Waals surface area contributed by atoms with Crippen molar-refractivity contribution in [3.63, 3.8) is 0 Å². The second-order valence-electron chi connectivity index (χ2n) is 10.3. The van der Waals surface area contributed by atoms with Crippen LogP contribution in [0.3, 0.4) is 0 Å². The number of piperidine rings is 1. The zero-order chi connectivity index (χ0) is 28.6. The molecule has 0 bridgehead atoms. The van der Waals surface area contributed by atoms with E-state index >= 15 is 0 Å². The SMILES string of the molecule is COC(=O)[C@@H](Cc1ccc(OCc2ccccc2)cc1)OC(=O)N1CCC(N2CCc3ccccc3NC2=O)CC1. The van der Waals surface area contributed by atoms with Crippen LogP contribution in [0.4, 0.5) is 15.3 Å². The number of amides is 3. The van der Waals surface area contributed by atoms with Crippen LogP contribution in [-0.4, -0.2) is 66.8 Å². The van der Waals surface area contributed by atoms with Crippen LogP contribution in [-0.2, 0) is 33.7 Å². The van der Waals surface area contributed by atoms with Crippen molar-refractivity contribution in [2.24, 2.45) is 0 Å². The highest BCUT2D eigenvalue weighted by Crippen LogP contribution is 2.25. The van der Waals surface area contributed by atoms with Gasteiger partial charge in [-0.05, 0) is 54.2 Å². The lowest BCUT2D eigenvalue weighted by atomic mass is 10.0. The molecule has 3 aromatic carbocycles. The van der Waals surface area contributed by atoms with Crippen LogP contribution >= 0.6 is 0 Å². The highest BCUT2D eigenvalue weighted by Gasteiger charge is 2.33. The summed E-state index contributed by atoms with van der Waals surface area (Å²) < 4.78 is 16.4. The van der Waals surface area contributed by atoms with Gasteiger partial charge in [-0.1, -0.05) is 60.7 Å². The molecular formula is C32H35N3O6. The minimum Gasteiger partial charge on any atom is -0.489 e. The van der Waals surface area contributed by atoms with Gasteiger partial charge in [-0.2, -0.15) is 0 Å². The van der Waals surface area contributed by atoms with Crippen molar-refractivity contribution in [3.8, 4) is 5.75 Å². The number of carbonyl (C=O) groups is 3. The third-order valence-corrected chi connectivity index (χ3v) is 7.61. The number of rotatable bonds is 8. The topological polar surface area (TPSA) is 97.4 Å². The van der Waals surface area contributed by atoms with Crippen molar-refractivity contribution in [2.75, 3.05) is 32.1 Å². The molecular weight excluding hydrogens is 522 g/mol. The van der Waals surface area contributed by atoms with E-state index in [4.69, 9.17) is 14.2 Å². The number of ether oxygens (including phenoxy) is 3. The van der Waals surface area contributed by atoms with Crippen LogP contribution < -0.4 is 10.1 Å². The molecule has 1 N–H and O–H groups in total. The lowest BCUT2D eigenvalue weighted by Gasteiger charge is -2.37. The van der Waals surface area contributed by atoms with Crippen LogP contribution in [0.25, 0.3) is 0 Å². The van der Waals surface area contributed by atoms with Gasteiger partial charge in [0.25, 0.3) is 0 Å². The molecule has 5 rings (SSSR count). The number of para-hydroxylation sites is 1. The molecule has 41 heavy (non-hydrogen) atoms. The molecule has 2 heterocycles. The van der Waals surface area contributed by atoms with Crippen molar-refractivity contribution in [2.45, 2.75) is 44.4 Å². The summed E-state index contributed by atoms with van der Waals surface area (Å²) >= 11 is 0. The van der Waals surface area contributed by atoms with Gasteiger partial charge in [0.05, 0.1) is 7.11 Å². The summed E-state index contributed by atoms with van der Waals surface area (Å²) in [5.41, 5.74) is 3.85. The quantitative estimate of drug-likeness (QED) is 0.390. The van der Waals surface area contributed by atoms with Gasteiger partial charge in [0.1, 0.15) is 12.4 Å². The van der Waals surface area contributed by atoms with E-state index in [0.717, 1.165) is 28.8 Å². The maximum atomic E-state index is 13.0. The molecule has 9 nitrogen and oxygen atoms in total. The smallest absolute Gasteiger partial charge is 0.410 e. The lowest BCUT2D eigenvalue weighted by molar-refractivity contribution is -0.151. The average Bonchev–Trinajstić information content (AvgIpc) is 3.18. The number of carbonyl (C=O) groups excluding carboxylic acids is 3. The number of fused-ring (bicyclic) bond motifs is 1. The van der Waals surface area contributed by atoms with E-state index in [9.17, 15) is 14.4 Å². The Hall–Kier alpha value is -4.53. The van der Waals surface area contributed by atoms with Gasteiger partial charge in [0.15, 0.2) is 0 Å². The van der Waals surface area contributed by atoms with Crippen LogP contribution in [0.15, 0.2) is 78.9 Å². The summed E-state index contributed by atoms with van der Waals surface area (Å²) in [4.78, 5) is 41.9. The first-order chi connectivity index (χ1) is 20.0. The molecule has 1 saturated heterocycles. The van der Waals surface area contributed by atoms with Crippen LogP contribution in [0.1, 0.15) is 29.5 Å². The second-order valence-corrected chi connectivity index (χ2v) is 10.3. The van der Waals surface area contributed by atoms with E-state index in [2.05, 4.69) is 5.32 Å². The van der Waals surface area contributed by atoms with E-state index < -0.39 is 18.2 Å². The van der Waals surface area contributed by atoms with Gasteiger partial charge in [-0.3, -0.25) is 0 Å². The van der Waals surface area contributed by atoms with Crippen LogP contribution in [0.2, 0.25) is 0 Å². The van der Waals surface area contributed by atoms with Gasteiger partial charge in [0, 0.05) is 37.8 Å². The number of hydrogen-bond acceptors (Lipinski definition) is 6. The largest absolute Gasteiger partial charge is 0.489 e. The van der Waals surface area contributed by atoms with Crippen LogP contribution in [0, 0.1) is 0 Å². The second kappa shape index (κ2) is 13.2. The summed E-state index contributed by atoms with van der Waals surface area (Å²) in [6, 6.07) is 25.0. The highest BCUT2D eigenvalue weighted by molar-refractivity contribution is 5.91. The third-order valence-electron chi connectivity index (χ3n) is 7.61. The first kappa shape index (κ1) is 28.0. The minimum absolute atomic E-state index is 0.0207. The molecule has 9 heteroatoms. The number of likely N-dealkylation sites (tertiary alicyclic amines) is 1. The maximum Gasteiger partial charge on any atom is 0.410 e. The Morgan fingerprint density at radius 1 is 0.902 bits per heavy atom. The zero-order valence-electron chi connectivity index (χ0n) is 23.2. The maximum absolute atomic E-state index is 13.0. The molecule has 2 aliphatic heterocycles. The van der Waals surface area contributed by atoms with Crippen molar-refractivity contribution >= 4 is 23.8 Å². The molecule has 0 saturated carbocycles. The van der Waals surface area contributed by atoms with Crippen molar-refractivity contribution in [1.29, 1.82) is 0 Å². The van der Waals surface area contributed by atoms with Crippen molar-refractivity contribution in [3.05, 3.63) is 95.6 Å². The third kappa shape index (κ3) is 7.16. The monoisotopic (exact) mass is 557 g/mol. The Kier molecular flexibility index (Phi) is 9.03. The number of esters is 1. The molecule has 0 aliphatic carbocycles. The number of nitrogens with one attached hydrogen (secondary N) is 1. The Labute approximate surface area is 240 Å². The summed E-state index contributed by atoms with van der Waals surface area (Å²) in [5, 5.41) is 3.01. The molecule has 3 amide bonds. The molecule has 2 aliphatic rings. The van der Waals surface area contributed by atoms with E-state index in [0.29, 0.717) is 44.8 Å². The van der Waals surface area contributed by atoms with Crippen molar-refractivity contribution < 1.29 is 28.6 Å². The fourth-order valence-corrected chi connectivity index (χ4v) is 5.28. The summed E-state index contributed by atoms with van der Waals surface area (Å²) in [7, 11) is 1.28. The van der Waals surface area contributed by atoms with E-state index in [-0.39, 0.29) is 18.5 Å². The van der Waals surface area contributed by atoms with E-state index in [1.807, 2.05) is 83.8 Å². The fraction of sp³-hybridized carbons (Fsp3) is 0.344. The number of benzene rings is 3. The van der Waals surface area contributed by atoms with E-state index in [1.165, 1.54) is 7.11 Å². The molecule has 1 fully saturated rings. The summed E-state index contributed by atoms with van der Waals surface area (Å²) in [6.45, 7) is 1.94. The molecule has 3 aromatic rings.